The third-order valence-electron chi connectivity index (χ3n) is 6.56. The Morgan fingerprint density at radius 1 is 1.23 bits per heavy atom. The maximum Gasteiger partial charge on any atom is 0.329 e. The predicted molar refractivity (Wildman–Crippen MR) is 127 cm³/mol. The zero-order valence-corrected chi connectivity index (χ0v) is 21.3. The second-order valence-corrected chi connectivity index (χ2v) is 10.7. The number of nitrogens with zero attached hydrogens (tertiary/aromatic N) is 2. The molecule has 1 aliphatic rings. The van der Waals surface area contributed by atoms with Gasteiger partial charge in [0.25, 0.3) is 5.91 Å². The van der Waals surface area contributed by atoms with Crippen LogP contribution >= 0.6 is 0 Å². The summed E-state index contributed by atoms with van der Waals surface area (Å²) in [6.07, 6.45) is -0.155. The molecule has 35 heavy (non-hydrogen) atoms. The fourth-order valence-electron chi connectivity index (χ4n) is 5.14. The van der Waals surface area contributed by atoms with Gasteiger partial charge in [-0.2, -0.15) is 0 Å². The number of amides is 1. The summed E-state index contributed by atoms with van der Waals surface area (Å²) in [5.74, 6) is -3.39. The van der Waals surface area contributed by atoms with Crippen molar-refractivity contribution in [2.45, 2.75) is 71.4 Å². The minimum atomic E-state index is -1.73. The van der Waals surface area contributed by atoms with Gasteiger partial charge in [-0.3, -0.25) is 9.59 Å². The average molecular weight is 487 g/mol. The van der Waals surface area contributed by atoms with Gasteiger partial charge in [0.1, 0.15) is 22.7 Å². The second kappa shape index (κ2) is 9.36. The van der Waals surface area contributed by atoms with Gasteiger partial charge in [0.2, 0.25) is 0 Å². The zero-order valence-electron chi connectivity index (χ0n) is 21.3. The van der Waals surface area contributed by atoms with Crippen LogP contribution in [-0.4, -0.2) is 50.8 Å². The van der Waals surface area contributed by atoms with Crippen LogP contribution in [0.3, 0.4) is 0 Å². The van der Waals surface area contributed by atoms with E-state index in [4.69, 9.17) is 9.26 Å². The van der Waals surface area contributed by atoms with Gasteiger partial charge in [-0.1, -0.05) is 45.8 Å². The molecule has 0 unspecified atom stereocenters. The molecule has 1 aliphatic heterocycles. The average Bonchev–Trinajstić information content (AvgIpc) is 3.33. The van der Waals surface area contributed by atoms with Crippen LogP contribution in [0, 0.1) is 18.8 Å². The summed E-state index contributed by atoms with van der Waals surface area (Å²) in [6, 6.07) is 5.45. The number of carbonyl (C=O) groups excluding carboxylic acids is 1. The molecule has 3 rings (SSSR count). The molecule has 0 spiro atoms. The molecular formula is C26H34N2O7. The molecule has 2 aromatic rings. The lowest BCUT2D eigenvalue weighted by Crippen LogP contribution is -2.54. The van der Waals surface area contributed by atoms with E-state index in [9.17, 15) is 24.6 Å². The molecule has 1 aromatic carbocycles. The monoisotopic (exact) mass is 486 g/mol. The fourth-order valence-corrected chi connectivity index (χ4v) is 5.14. The lowest BCUT2D eigenvalue weighted by Gasteiger charge is -2.38. The highest BCUT2D eigenvalue weighted by atomic mass is 16.5. The lowest BCUT2D eigenvalue weighted by molar-refractivity contribution is -0.150. The van der Waals surface area contributed by atoms with Crippen molar-refractivity contribution < 1.29 is 33.9 Å². The molecule has 9 nitrogen and oxygen atoms in total. The highest BCUT2D eigenvalue weighted by molar-refractivity contribution is 6.00. The third kappa shape index (κ3) is 4.76. The molecule has 0 aliphatic carbocycles. The van der Waals surface area contributed by atoms with E-state index in [0.717, 1.165) is 5.56 Å². The fraction of sp³-hybridized carbons (Fsp3) is 0.538. The van der Waals surface area contributed by atoms with Crippen molar-refractivity contribution in [3.8, 4) is 5.75 Å². The number of aliphatic carboxylic acids is 2. The van der Waals surface area contributed by atoms with E-state index in [1.807, 2.05) is 34.6 Å². The van der Waals surface area contributed by atoms with Crippen LogP contribution < -0.4 is 4.74 Å². The van der Waals surface area contributed by atoms with Gasteiger partial charge in [-0.15, -0.1) is 0 Å². The van der Waals surface area contributed by atoms with Gasteiger partial charge in [-0.05, 0) is 48.8 Å². The summed E-state index contributed by atoms with van der Waals surface area (Å²) >= 11 is 0. The summed E-state index contributed by atoms with van der Waals surface area (Å²) in [5, 5.41) is 24.5. The van der Waals surface area contributed by atoms with Crippen molar-refractivity contribution in [3.05, 3.63) is 46.8 Å². The van der Waals surface area contributed by atoms with Crippen molar-refractivity contribution in [1.82, 2.24) is 10.1 Å². The number of aryl methyl sites for hydroxylation is 1. The van der Waals surface area contributed by atoms with Gasteiger partial charge < -0.3 is 24.4 Å². The Kier molecular flexibility index (Phi) is 7.02. The number of rotatable bonds is 7. The first-order valence-electron chi connectivity index (χ1n) is 11.6. The SMILES string of the molecule is COc1cc(C(=O)N2[C@@H](c3cc(C)on3)[C@@H](C(=O)O)C[C@@]2(CC(C)C)C(=O)O)ccc1C(C)(C)C. The van der Waals surface area contributed by atoms with Gasteiger partial charge in [0, 0.05) is 11.6 Å². The second-order valence-electron chi connectivity index (χ2n) is 10.7. The summed E-state index contributed by atoms with van der Waals surface area (Å²) in [6.45, 7) is 11.4. The quantitative estimate of drug-likeness (QED) is 0.587. The molecule has 1 fully saturated rings. The van der Waals surface area contributed by atoms with E-state index >= 15 is 0 Å². The van der Waals surface area contributed by atoms with E-state index in [2.05, 4.69) is 5.16 Å². The van der Waals surface area contributed by atoms with Gasteiger partial charge >= 0.3 is 11.9 Å². The number of aromatic nitrogens is 1. The topological polar surface area (TPSA) is 130 Å². The molecule has 1 aromatic heterocycles. The smallest absolute Gasteiger partial charge is 0.329 e. The third-order valence-corrected chi connectivity index (χ3v) is 6.56. The highest BCUT2D eigenvalue weighted by Gasteiger charge is 2.61. The Morgan fingerprint density at radius 3 is 2.34 bits per heavy atom. The zero-order chi connectivity index (χ0) is 26.3. The predicted octanol–water partition coefficient (Wildman–Crippen LogP) is 4.45. The first kappa shape index (κ1) is 26.2. The summed E-state index contributed by atoms with van der Waals surface area (Å²) in [5.41, 5.74) is -0.675. The van der Waals surface area contributed by atoms with Crippen LogP contribution in [0.1, 0.15) is 80.9 Å². The van der Waals surface area contributed by atoms with Crippen molar-refractivity contribution in [2.24, 2.45) is 11.8 Å². The Hall–Kier alpha value is -3.36. The normalized spacial score (nSPS) is 22.5. The van der Waals surface area contributed by atoms with E-state index in [1.54, 1.807) is 31.2 Å². The number of carboxylic acids is 2. The molecule has 190 valence electrons. The first-order valence-corrected chi connectivity index (χ1v) is 11.6. The summed E-state index contributed by atoms with van der Waals surface area (Å²) in [4.78, 5) is 40.4. The number of carboxylic acid groups (broad SMARTS) is 2. The molecule has 2 N–H and O–H groups in total. The molecule has 1 saturated heterocycles. The number of benzene rings is 1. The van der Waals surface area contributed by atoms with Crippen LogP contribution in [-0.2, 0) is 15.0 Å². The first-order chi connectivity index (χ1) is 16.2. The van der Waals surface area contributed by atoms with Crippen LogP contribution in [0.15, 0.2) is 28.8 Å². The standard InChI is InChI=1S/C26H34N2O7/c1-14(2)12-26(24(32)33)13-17(23(30)31)21(19-10-15(3)35-27-19)28(26)22(29)16-8-9-18(25(4,5)6)20(11-16)34-7/h8-11,14,17,21H,12-13H2,1-7H3,(H,30,31)(H,32,33)/t17-,21+,26-/m0/s1. The summed E-state index contributed by atoms with van der Waals surface area (Å²) < 4.78 is 10.7. The number of hydrogen-bond acceptors (Lipinski definition) is 6. The number of likely N-dealkylation sites (tertiary alicyclic amines) is 1. The maximum absolute atomic E-state index is 14.1. The van der Waals surface area contributed by atoms with Crippen LogP contribution in [0.2, 0.25) is 0 Å². The van der Waals surface area contributed by atoms with Crippen LogP contribution in [0.4, 0.5) is 0 Å². The van der Waals surface area contributed by atoms with Gasteiger partial charge in [-0.25, -0.2) is 4.79 Å². The molecule has 0 radical (unpaired) electrons. The molecule has 0 bridgehead atoms. The Morgan fingerprint density at radius 2 is 1.89 bits per heavy atom. The Labute approximate surface area is 205 Å². The number of hydrogen-bond donors (Lipinski definition) is 2. The van der Waals surface area contributed by atoms with E-state index < -0.39 is 35.3 Å². The largest absolute Gasteiger partial charge is 0.496 e. The lowest BCUT2D eigenvalue weighted by atomic mass is 9.83. The van der Waals surface area contributed by atoms with Crippen molar-refractivity contribution in [3.63, 3.8) is 0 Å². The molecule has 0 saturated carbocycles. The van der Waals surface area contributed by atoms with Crippen molar-refractivity contribution in [2.75, 3.05) is 7.11 Å². The molecular weight excluding hydrogens is 452 g/mol. The Bertz CT molecular complexity index is 1130. The van der Waals surface area contributed by atoms with Crippen LogP contribution in [0.25, 0.3) is 0 Å². The number of methoxy groups -OCH3 is 1. The highest BCUT2D eigenvalue weighted by Crippen LogP contribution is 2.50. The van der Waals surface area contributed by atoms with Crippen molar-refractivity contribution in [1.29, 1.82) is 0 Å². The van der Waals surface area contributed by atoms with Gasteiger partial charge in [0.05, 0.1) is 19.1 Å². The molecule has 3 atom stereocenters. The van der Waals surface area contributed by atoms with E-state index in [0.29, 0.717) is 11.5 Å². The van der Waals surface area contributed by atoms with E-state index in [1.165, 1.54) is 12.0 Å². The number of carbonyl (C=O) groups is 3. The minimum absolute atomic E-state index is 0.0857. The molecule has 2 heterocycles. The summed E-state index contributed by atoms with van der Waals surface area (Å²) in [7, 11) is 1.51. The number of ether oxygens (including phenoxy) is 1. The molecule has 1 amide bonds. The van der Waals surface area contributed by atoms with Gasteiger partial charge in [0.15, 0.2) is 0 Å². The maximum atomic E-state index is 14.1. The molecule has 9 heteroatoms. The van der Waals surface area contributed by atoms with Crippen LogP contribution in [0.5, 0.6) is 5.75 Å². The van der Waals surface area contributed by atoms with E-state index in [-0.39, 0.29) is 35.4 Å². The minimum Gasteiger partial charge on any atom is -0.496 e. The van der Waals surface area contributed by atoms with Crippen molar-refractivity contribution >= 4 is 17.8 Å². The Balaban J connectivity index is 2.25.